The van der Waals surface area contributed by atoms with Crippen LogP contribution in [0.3, 0.4) is 0 Å². The average molecular weight is 556 g/mol. The van der Waals surface area contributed by atoms with Gasteiger partial charge in [-0.3, -0.25) is 9.59 Å². The van der Waals surface area contributed by atoms with Crippen molar-refractivity contribution in [1.29, 1.82) is 5.26 Å². The lowest BCUT2D eigenvalue weighted by atomic mass is 10.0. The number of carbonyl (C=O) groups excluding carboxylic acids is 2. The molecule has 0 saturated carbocycles. The van der Waals surface area contributed by atoms with Crippen LogP contribution >= 0.6 is 11.6 Å². The number of aromatic nitrogens is 3. The summed E-state index contributed by atoms with van der Waals surface area (Å²) in [6.07, 6.45) is 2.24. The lowest BCUT2D eigenvalue weighted by Gasteiger charge is -2.23. The molecule has 0 fully saturated rings. The molecule has 11 heteroatoms. The Bertz CT molecular complexity index is 1870. The monoisotopic (exact) mass is 555 g/mol. The van der Waals surface area contributed by atoms with Crippen LogP contribution < -0.4 is 9.64 Å². The molecule has 0 radical (unpaired) electrons. The van der Waals surface area contributed by atoms with E-state index >= 15 is 0 Å². The third-order valence-corrected chi connectivity index (χ3v) is 6.83. The van der Waals surface area contributed by atoms with Gasteiger partial charge in [0.05, 0.1) is 32.9 Å². The van der Waals surface area contributed by atoms with Gasteiger partial charge in [-0.15, -0.1) is 0 Å². The molecule has 6 rings (SSSR count). The first-order valence-corrected chi connectivity index (χ1v) is 12.3. The Morgan fingerprint density at radius 3 is 2.38 bits per heavy atom. The number of nitrogens with zero attached hydrogens (tertiary/aromatic N) is 5. The molecule has 2 aromatic heterocycles. The van der Waals surface area contributed by atoms with E-state index in [2.05, 4.69) is 10.1 Å². The van der Waals surface area contributed by atoms with Gasteiger partial charge in [0, 0.05) is 29.4 Å². The molecule has 3 heterocycles. The van der Waals surface area contributed by atoms with Crippen molar-refractivity contribution in [3.05, 3.63) is 112 Å². The Morgan fingerprint density at radius 2 is 1.73 bits per heavy atom. The van der Waals surface area contributed by atoms with Gasteiger partial charge in [0.2, 0.25) is 0 Å². The quantitative estimate of drug-likeness (QED) is 0.241. The Hall–Kier alpha value is -5.14. The summed E-state index contributed by atoms with van der Waals surface area (Å²) in [5.74, 6) is -2.80. The van der Waals surface area contributed by atoms with Crippen LogP contribution in [0.25, 0.3) is 16.6 Å². The summed E-state index contributed by atoms with van der Waals surface area (Å²) >= 11 is 5.98. The lowest BCUT2D eigenvalue weighted by molar-refractivity contribution is 0.0922. The molecule has 1 aliphatic heterocycles. The van der Waals surface area contributed by atoms with E-state index in [9.17, 15) is 23.6 Å². The van der Waals surface area contributed by atoms with Crippen molar-refractivity contribution in [2.75, 3.05) is 4.90 Å². The van der Waals surface area contributed by atoms with Crippen molar-refractivity contribution in [2.24, 2.45) is 0 Å². The van der Waals surface area contributed by atoms with Crippen LogP contribution in [-0.4, -0.2) is 26.6 Å². The predicted molar refractivity (Wildman–Crippen MR) is 142 cm³/mol. The van der Waals surface area contributed by atoms with Gasteiger partial charge in [0.15, 0.2) is 11.6 Å². The van der Waals surface area contributed by atoms with E-state index in [1.54, 1.807) is 31.3 Å². The molecular formula is C29H16ClF2N5O3. The molecule has 3 aromatic carbocycles. The number of carbonyl (C=O) groups is 2. The third-order valence-electron chi connectivity index (χ3n) is 6.54. The summed E-state index contributed by atoms with van der Waals surface area (Å²) in [4.78, 5) is 32.1. The van der Waals surface area contributed by atoms with Crippen LogP contribution in [0.15, 0.2) is 73.1 Å². The number of amides is 2. The fourth-order valence-electron chi connectivity index (χ4n) is 4.62. The van der Waals surface area contributed by atoms with E-state index in [4.69, 9.17) is 16.3 Å². The van der Waals surface area contributed by atoms with Crippen molar-refractivity contribution in [3.63, 3.8) is 0 Å². The number of hydrogen-bond donors (Lipinski definition) is 0. The molecule has 2 amide bonds. The highest BCUT2D eigenvalue weighted by Gasteiger charge is 2.39. The number of imide groups is 1. The smallest absolute Gasteiger partial charge is 0.267 e. The minimum atomic E-state index is -0.878. The van der Waals surface area contributed by atoms with E-state index in [-0.39, 0.29) is 38.8 Å². The van der Waals surface area contributed by atoms with Gasteiger partial charge in [0.1, 0.15) is 23.8 Å². The normalized spacial score (nSPS) is 13.4. The first-order chi connectivity index (χ1) is 19.3. The maximum Gasteiger partial charge on any atom is 0.267 e. The first-order valence-electron chi connectivity index (χ1n) is 11.9. The van der Waals surface area contributed by atoms with Gasteiger partial charge in [0.25, 0.3) is 11.8 Å². The van der Waals surface area contributed by atoms with Gasteiger partial charge in [-0.25, -0.2) is 23.3 Å². The molecular weight excluding hydrogens is 540 g/mol. The Balaban J connectivity index is 1.51. The summed E-state index contributed by atoms with van der Waals surface area (Å²) in [6.45, 7) is 1.64. The number of hydrogen-bond acceptors (Lipinski definition) is 6. The SMILES string of the molecule is C[C@H](Oc1cc2cc(F)c(Cl)cc2nc1N1C(=O)c2ccccc2C1=O)c1cc(C#N)c(F)cc1-n1cccn1. The zero-order valence-electron chi connectivity index (χ0n) is 20.6. The minimum absolute atomic E-state index is 0.0227. The first kappa shape index (κ1) is 25.2. The van der Waals surface area contributed by atoms with E-state index in [1.165, 1.54) is 47.3 Å². The molecule has 8 nitrogen and oxygen atoms in total. The topological polar surface area (TPSA) is 101 Å². The second kappa shape index (κ2) is 9.55. The fraction of sp³-hybridized carbons (Fsp3) is 0.0690. The second-order valence-electron chi connectivity index (χ2n) is 8.97. The molecule has 1 atom stereocenters. The maximum atomic E-state index is 14.6. The third kappa shape index (κ3) is 4.04. The van der Waals surface area contributed by atoms with E-state index in [0.29, 0.717) is 16.6 Å². The van der Waals surface area contributed by atoms with Crippen LogP contribution in [0, 0.1) is 23.0 Å². The Kier molecular flexibility index (Phi) is 6.01. The number of nitriles is 1. The molecule has 1 aliphatic rings. The fourth-order valence-corrected chi connectivity index (χ4v) is 4.78. The minimum Gasteiger partial charge on any atom is -0.482 e. The van der Waals surface area contributed by atoms with Crippen molar-refractivity contribution in [3.8, 4) is 17.5 Å². The molecule has 0 saturated heterocycles. The lowest BCUT2D eigenvalue weighted by Crippen LogP contribution is -2.31. The van der Waals surface area contributed by atoms with Crippen LogP contribution in [0.2, 0.25) is 5.02 Å². The summed E-state index contributed by atoms with van der Waals surface area (Å²) in [5, 5.41) is 13.7. The van der Waals surface area contributed by atoms with Crippen molar-refractivity contribution in [2.45, 2.75) is 13.0 Å². The van der Waals surface area contributed by atoms with Crippen molar-refractivity contribution in [1.82, 2.24) is 14.8 Å². The number of ether oxygens (including phenoxy) is 1. The van der Waals surface area contributed by atoms with E-state index in [0.717, 1.165) is 11.0 Å². The molecule has 0 bridgehead atoms. The highest BCUT2D eigenvalue weighted by molar-refractivity contribution is 6.34. The Labute approximate surface area is 230 Å². The van der Waals surface area contributed by atoms with Crippen LogP contribution in [0.4, 0.5) is 14.6 Å². The molecule has 0 aliphatic carbocycles. The van der Waals surface area contributed by atoms with Crippen LogP contribution in [0.5, 0.6) is 5.75 Å². The zero-order chi connectivity index (χ0) is 28.1. The summed E-state index contributed by atoms with van der Waals surface area (Å²) < 4.78 is 36.6. The maximum absolute atomic E-state index is 14.6. The summed E-state index contributed by atoms with van der Waals surface area (Å²) in [5.41, 5.74) is 1.10. The second-order valence-corrected chi connectivity index (χ2v) is 9.38. The van der Waals surface area contributed by atoms with Crippen molar-refractivity contribution < 1.29 is 23.1 Å². The Morgan fingerprint density at radius 1 is 1.00 bits per heavy atom. The number of halogens is 3. The number of fused-ring (bicyclic) bond motifs is 2. The standard InChI is InChI=1S/C29H16ClF2N5O3/c1-15(20-9-17(14-33)22(31)13-25(20)36-8-4-7-34-36)40-26-11-16-10-23(32)21(30)12-24(16)35-27(26)37-28(38)18-5-2-3-6-19(18)29(37)39/h2-13,15H,1H3/t15-/m0/s1. The highest BCUT2D eigenvalue weighted by atomic mass is 35.5. The molecule has 196 valence electrons. The molecule has 5 aromatic rings. The molecule has 0 N–H and O–H groups in total. The van der Waals surface area contributed by atoms with E-state index < -0.39 is 29.6 Å². The number of rotatable bonds is 5. The van der Waals surface area contributed by atoms with Gasteiger partial charge in [-0.2, -0.15) is 10.4 Å². The number of pyridine rings is 1. The zero-order valence-corrected chi connectivity index (χ0v) is 21.4. The predicted octanol–water partition coefficient (Wildman–Crippen LogP) is 6.16. The van der Waals surface area contributed by atoms with Gasteiger partial charge in [-0.05, 0) is 49.4 Å². The molecule has 0 spiro atoms. The van der Waals surface area contributed by atoms with Gasteiger partial charge < -0.3 is 4.74 Å². The number of anilines is 1. The summed E-state index contributed by atoms with van der Waals surface area (Å²) in [6, 6.07) is 16.2. The summed E-state index contributed by atoms with van der Waals surface area (Å²) in [7, 11) is 0. The largest absolute Gasteiger partial charge is 0.482 e. The molecule has 0 unspecified atom stereocenters. The van der Waals surface area contributed by atoms with Crippen LogP contribution in [0.1, 0.15) is 44.9 Å². The van der Waals surface area contributed by atoms with Gasteiger partial charge >= 0.3 is 0 Å². The van der Waals surface area contributed by atoms with Gasteiger partial charge in [-0.1, -0.05) is 23.7 Å². The molecule has 40 heavy (non-hydrogen) atoms. The average Bonchev–Trinajstić information content (AvgIpc) is 3.56. The number of benzene rings is 3. The van der Waals surface area contributed by atoms with Crippen LogP contribution in [-0.2, 0) is 0 Å². The highest BCUT2D eigenvalue weighted by Crippen LogP contribution is 2.39. The van der Waals surface area contributed by atoms with Crippen molar-refractivity contribution >= 4 is 40.1 Å². The van der Waals surface area contributed by atoms with E-state index in [1.807, 2.05) is 6.07 Å².